The first-order chi connectivity index (χ1) is 12.0. The minimum atomic E-state index is -0.195. The number of unbranched alkanes of at least 4 members (excludes halogenated alkanes) is 1. The Hall–Kier alpha value is -0.640. The molecule has 148 valence electrons. The largest absolute Gasteiger partial charge is 0.489 e. The van der Waals surface area contributed by atoms with Gasteiger partial charge in [0.05, 0.1) is 23.7 Å². The molecule has 0 radical (unpaired) electrons. The van der Waals surface area contributed by atoms with Crippen molar-refractivity contribution >= 4 is 70.7 Å². The van der Waals surface area contributed by atoms with E-state index in [1.54, 1.807) is 19.2 Å². The maximum Gasteiger partial charge on any atom is 0.305 e. The van der Waals surface area contributed by atoms with E-state index >= 15 is 0 Å². The summed E-state index contributed by atoms with van der Waals surface area (Å²) in [7, 11) is 3.07. The number of carbonyl (C=O) groups excluding carboxylic acids is 1. The molecule has 0 aliphatic carbocycles. The van der Waals surface area contributed by atoms with Crippen molar-refractivity contribution in [2.24, 2.45) is 4.99 Å². The first kappa shape index (κ1) is 25.4. The lowest BCUT2D eigenvalue weighted by Crippen LogP contribution is -2.39. The fourth-order valence-corrected chi connectivity index (χ4v) is 2.84. The molecule has 0 atom stereocenters. The summed E-state index contributed by atoms with van der Waals surface area (Å²) in [5.41, 5.74) is 0. The molecule has 0 fully saturated rings. The summed E-state index contributed by atoms with van der Waals surface area (Å²) in [6.07, 6.45) is 2.01. The fourth-order valence-electron chi connectivity index (χ4n) is 1.91. The van der Waals surface area contributed by atoms with Crippen molar-refractivity contribution in [1.82, 2.24) is 10.6 Å². The average Bonchev–Trinajstić information content (AvgIpc) is 2.57. The normalized spacial score (nSPS) is 10.7. The first-order valence-corrected chi connectivity index (χ1v) is 8.90. The van der Waals surface area contributed by atoms with Crippen molar-refractivity contribution in [3.05, 3.63) is 27.2 Å². The van der Waals surface area contributed by atoms with Crippen molar-refractivity contribution in [2.75, 3.05) is 33.9 Å². The number of esters is 1. The monoisotopic (exact) mass is 537 g/mol. The predicted octanol–water partition coefficient (Wildman–Crippen LogP) is 4.15. The maximum atomic E-state index is 11.0. The van der Waals surface area contributed by atoms with Crippen molar-refractivity contribution < 1.29 is 14.3 Å². The molecule has 0 heterocycles. The van der Waals surface area contributed by atoms with Crippen molar-refractivity contribution in [1.29, 1.82) is 0 Å². The molecule has 1 aromatic rings. The van der Waals surface area contributed by atoms with Gasteiger partial charge >= 0.3 is 5.97 Å². The van der Waals surface area contributed by atoms with Crippen LogP contribution in [0, 0.1) is 0 Å². The number of guanidine groups is 1. The molecular formula is C16H23Cl3IN3O3. The number of rotatable bonds is 9. The number of carbonyl (C=O) groups is 1. The standard InChI is InChI=1S/C16H22Cl3N3O3.HI/c1-20-16(21-6-4-3-5-14(23)24-2)22-7-8-25-15-12(18)9-11(17)10-13(15)19;/h9-10H,3-8H2,1-2H3,(H2,20,21,22);1H. The summed E-state index contributed by atoms with van der Waals surface area (Å²) >= 11 is 18.0. The highest BCUT2D eigenvalue weighted by Gasteiger charge is 2.09. The van der Waals surface area contributed by atoms with E-state index in [4.69, 9.17) is 39.5 Å². The molecule has 1 rings (SSSR count). The van der Waals surface area contributed by atoms with Gasteiger partial charge in [-0.1, -0.05) is 34.8 Å². The topological polar surface area (TPSA) is 72.0 Å². The van der Waals surface area contributed by atoms with Gasteiger partial charge < -0.3 is 20.1 Å². The fraction of sp³-hybridized carbons (Fsp3) is 0.500. The highest BCUT2D eigenvalue weighted by Crippen LogP contribution is 2.35. The number of nitrogens with zero attached hydrogens (tertiary/aromatic N) is 1. The van der Waals surface area contributed by atoms with E-state index < -0.39 is 0 Å². The van der Waals surface area contributed by atoms with Crippen LogP contribution in [-0.4, -0.2) is 45.8 Å². The molecule has 0 aliphatic heterocycles. The molecule has 26 heavy (non-hydrogen) atoms. The van der Waals surface area contributed by atoms with E-state index in [2.05, 4.69) is 20.4 Å². The van der Waals surface area contributed by atoms with Gasteiger partial charge in [0, 0.05) is 25.0 Å². The molecule has 1 aromatic carbocycles. The molecule has 0 aliphatic rings. The predicted molar refractivity (Wildman–Crippen MR) is 118 cm³/mol. The SMILES string of the molecule is CN=C(NCCCCC(=O)OC)NCCOc1c(Cl)cc(Cl)cc1Cl.I. The van der Waals surface area contributed by atoms with Crippen LogP contribution in [0.3, 0.4) is 0 Å². The Bertz CT molecular complexity index is 580. The van der Waals surface area contributed by atoms with Crippen LogP contribution in [0.5, 0.6) is 5.75 Å². The Kier molecular flexibility index (Phi) is 14.1. The second kappa shape index (κ2) is 14.4. The van der Waals surface area contributed by atoms with Gasteiger partial charge in [-0.3, -0.25) is 9.79 Å². The minimum absolute atomic E-state index is 0. The second-order valence-corrected chi connectivity index (χ2v) is 6.26. The first-order valence-electron chi connectivity index (χ1n) is 7.76. The third-order valence-corrected chi connectivity index (χ3v) is 3.94. The van der Waals surface area contributed by atoms with E-state index in [1.165, 1.54) is 7.11 Å². The Labute approximate surface area is 186 Å². The third-order valence-electron chi connectivity index (χ3n) is 3.16. The average molecular weight is 539 g/mol. The molecule has 0 unspecified atom stereocenters. The van der Waals surface area contributed by atoms with Crippen LogP contribution in [0.15, 0.2) is 17.1 Å². The number of nitrogens with one attached hydrogen (secondary N) is 2. The van der Waals surface area contributed by atoms with Crippen LogP contribution in [0.25, 0.3) is 0 Å². The zero-order chi connectivity index (χ0) is 18.7. The van der Waals surface area contributed by atoms with Crippen molar-refractivity contribution in [3.63, 3.8) is 0 Å². The minimum Gasteiger partial charge on any atom is -0.489 e. The highest BCUT2D eigenvalue weighted by atomic mass is 127. The number of hydrogen-bond acceptors (Lipinski definition) is 4. The molecule has 0 saturated heterocycles. The number of methoxy groups -OCH3 is 1. The summed E-state index contributed by atoms with van der Waals surface area (Å²) in [5, 5.41) is 7.45. The van der Waals surface area contributed by atoms with Crippen LogP contribution in [0.4, 0.5) is 0 Å². The van der Waals surface area contributed by atoms with Gasteiger partial charge in [-0.15, -0.1) is 24.0 Å². The van der Waals surface area contributed by atoms with E-state index in [9.17, 15) is 4.79 Å². The molecule has 2 N–H and O–H groups in total. The van der Waals surface area contributed by atoms with E-state index in [0.29, 0.717) is 52.9 Å². The Morgan fingerprint density at radius 3 is 2.31 bits per heavy atom. The van der Waals surface area contributed by atoms with Gasteiger partial charge in [-0.05, 0) is 25.0 Å². The van der Waals surface area contributed by atoms with Gasteiger partial charge in [0.25, 0.3) is 0 Å². The Morgan fingerprint density at radius 2 is 1.73 bits per heavy atom. The molecule has 0 aromatic heterocycles. The number of aliphatic imine (C=N–C) groups is 1. The van der Waals surface area contributed by atoms with Crippen molar-refractivity contribution in [2.45, 2.75) is 19.3 Å². The highest BCUT2D eigenvalue weighted by molar-refractivity contribution is 14.0. The maximum absolute atomic E-state index is 11.0. The zero-order valence-electron chi connectivity index (χ0n) is 14.6. The van der Waals surface area contributed by atoms with E-state index in [-0.39, 0.29) is 29.9 Å². The van der Waals surface area contributed by atoms with Crippen molar-refractivity contribution in [3.8, 4) is 5.75 Å². The zero-order valence-corrected chi connectivity index (χ0v) is 19.2. The lowest BCUT2D eigenvalue weighted by molar-refractivity contribution is -0.140. The number of benzene rings is 1. The number of halogens is 4. The van der Waals surface area contributed by atoms with Gasteiger partial charge in [-0.2, -0.15) is 0 Å². The lowest BCUT2D eigenvalue weighted by Gasteiger charge is -2.13. The van der Waals surface area contributed by atoms with E-state index in [1.807, 2.05) is 0 Å². The molecule has 10 heteroatoms. The van der Waals surface area contributed by atoms with E-state index in [0.717, 1.165) is 12.8 Å². The third kappa shape index (κ3) is 9.89. The van der Waals surface area contributed by atoms with Gasteiger partial charge in [-0.25, -0.2) is 0 Å². The van der Waals surface area contributed by atoms with Crippen LogP contribution >= 0.6 is 58.8 Å². The van der Waals surface area contributed by atoms with Gasteiger partial charge in [0.15, 0.2) is 11.7 Å². The number of hydrogen-bond donors (Lipinski definition) is 2. The molecule has 0 bridgehead atoms. The quantitative estimate of drug-likeness (QED) is 0.163. The molecular weight excluding hydrogens is 515 g/mol. The summed E-state index contributed by atoms with van der Waals surface area (Å²) in [4.78, 5) is 15.1. The smallest absolute Gasteiger partial charge is 0.305 e. The Balaban J connectivity index is 0.00000625. The van der Waals surface area contributed by atoms with Crippen LogP contribution in [0.1, 0.15) is 19.3 Å². The van der Waals surface area contributed by atoms with Crippen LogP contribution < -0.4 is 15.4 Å². The summed E-state index contributed by atoms with van der Waals surface area (Å²) in [5.74, 6) is 0.856. The summed E-state index contributed by atoms with van der Waals surface area (Å²) < 4.78 is 10.2. The van der Waals surface area contributed by atoms with Crippen LogP contribution in [-0.2, 0) is 9.53 Å². The Morgan fingerprint density at radius 1 is 1.12 bits per heavy atom. The van der Waals surface area contributed by atoms with Crippen LogP contribution in [0.2, 0.25) is 15.1 Å². The molecule has 0 amide bonds. The summed E-state index contributed by atoms with van der Waals surface area (Å²) in [6, 6.07) is 3.15. The molecule has 0 saturated carbocycles. The van der Waals surface area contributed by atoms with Gasteiger partial charge in [0.2, 0.25) is 0 Å². The molecule has 6 nitrogen and oxygen atoms in total. The second-order valence-electron chi connectivity index (χ2n) is 5.01. The number of ether oxygens (including phenoxy) is 2. The molecule has 0 spiro atoms. The van der Waals surface area contributed by atoms with Gasteiger partial charge in [0.1, 0.15) is 6.61 Å². The summed E-state index contributed by atoms with van der Waals surface area (Å²) in [6.45, 7) is 1.56. The lowest BCUT2D eigenvalue weighted by atomic mass is 10.2.